The van der Waals surface area contributed by atoms with Crippen molar-refractivity contribution in [2.45, 2.75) is 163 Å². The van der Waals surface area contributed by atoms with Crippen LogP contribution in [0.3, 0.4) is 0 Å². The maximum atomic E-state index is 13.7. The van der Waals surface area contributed by atoms with Gasteiger partial charge in [0.1, 0.15) is 0 Å². The summed E-state index contributed by atoms with van der Waals surface area (Å²) in [6, 6.07) is 1.17. The van der Waals surface area contributed by atoms with Crippen LogP contribution in [-0.2, 0) is 9.59 Å². The second-order valence-corrected chi connectivity index (χ2v) is 15.8. The molecule has 3 fully saturated rings. The molecule has 202 valence electrons. The van der Waals surface area contributed by atoms with E-state index in [1.807, 2.05) is 0 Å². The van der Waals surface area contributed by atoms with Crippen molar-refractivity contribution < 1.29 is 9.59 Å². The third kappa shape index (κ3) is 6.06. The number of carbonyl (C=O) groups is 2. The number of hydrogen-bond acceptors (Lipinski definition) is 4. The number of Topliss-reactive ketones (excluding diaryl/α,β-unsaturated/α-hetero) is 2. The zero-order valence-corrected chi connectivity index (χ0v) is 25.1. The highest BCUT2D eigenvalue weighted by Gasteiger charge is 2.58. The predicted octanol–water partition coefficient (Wildman–Crippen LogP) is 6.90. The van der Waals surface area contributed by atoms with Crippen LogP contribution in [0.15, 0.2) is 0 Å². The highest BCUT2D eigenvalue weighted by atomic mass is 16.1. The Balaban J connectivity index is 1.57. The van der Waals surface area contributed by atoms with Gasteiger partial charge in [0.05, 0.1) is 12.1 Å². The van der Waals surface area contributed by atoms with Gasteiger partial charge in [-0.1, -0.05) is 47.5 Å². The van der Waals surface area contributed by atoms with Gasteiger partial charge in [-0.2, -0.15) is 0 Å². The van der Waals surface area contributed by atoms with E-state index in [1.165, 1.54) is 6.42 Å². The van der Waals surface area contributed by atoms with Gasteiger partial charge in [0.2, 0.25) is 0 Å². The number of rotatable bonds is 8. The van der Waals surface area contributed by atoms with Crippen molar-refractivity contribution >= 4 is 11.6 Å². The Bertz CT molecular complexity index is 794. The summed E-state index contributed by atoms with van der Waals surface area (Å²) in [5.41, 5.74) is -0.538. The Kier molecular flexibility index (Phi) is 7.85. The zero-order chi connectivity index (χ0) is 26.7. The standard InChI is InChI=1S/C31H56N2O2/c1-20-21(17-24(26(34)28(2,3)4)32(20)29(5,6)7)15-13-14-16-31(11,12)27(35)25-19-22-18-23(22)33(25)30(8,9)10/h20-25H,13-19H2,1-12H3/t20-,21-,22-,23?,24+,25+/m1/s1. The third-order valence-corrected chi connectivity index (χ3v) is 9.27. The molecule has 2 saturated heterocycles. The molecule has 0 aromatic rings. The van der Waals surface area contributed by atoms with Crippen LogP contribution < -0.4 is 0 Å². The van der Waals surface area contributed by atoms with Gasteiger partial charge in [-0.25, -0.2) is 0 Å². The van der Waals surface area contributed by atoms with E-state index >= 15 is 0 Å². The summed E-state index contributed by atoms with van der Waals surface area (Å²) >= 11 is 0. The largest absolute Gasteiger partial charge is 0.297 e. The van der Waals surface area contributed by atoms with Crippen LogP contribution in [0.4, 0.5) is 0 Å². The molecule has 3 aliphatic rings. The number of piperidine rings is 1. The second kappa shape index (κ2) is 9.53. The number of fused-ring (bicyclic) bond motifs is 1. The molecule has 1 unspecified atom stereocenters. The molecular formula is C31H56N2O2. The number of carbonyl (C=O) groups excluding carboxylic acids is 2. The van der Waals surface area contributed by atoms with E-state index in [2.05, 4.69) is 92.9 Å². The van der Waals surface area contributed by atoms with Crippen LogP contribution >= 0.6 is 0 Å². The average Bonchev–Trinajstić information content (AvgIpc) is 3.18. The Morgan fingerprint density at radius 1 is 0.714 bits per heavy atom. The Morgan fingerprint density at radius 2 is 1.26 bits per heavy atom. The maximum absolute atomic E-state index is 13.7. The van der Waals surface area contributed by atoms with Crippen molar-refractivity contribution in [2.24, 2.45) is 22.7 Å². The smallest absolute Gasteiger partial charge is 0.155 e. The maximum Gasteiger partial charge on any atom is 0.155 e. The summed E-state index contributed by atoms with van der Waals surface area (Å²) in [6.45, 7) is 26.4. The Hall–Kier alpha value is -0.740. The van der Waals surface area contributed by atoms with Crippen LogP contribution in [0.2, 0.25) is 0 Å². The molecule has 0 radical (unpaired) electrons. The molecule has 0 spiro atoms. The molecule has 4 heteroatoms. The Morgan fingerprint density at radius 3 is 1.77 bits per heavy atom. The fraction of sp³-hybridized carbons (Fsp3) is 0.935. The molecule has 1 saturated carbocycles. The lowest BCUT2D eigenvalue weighted by atomic mass is 9.77. The number of unbranched alkanes of at least 4 members (excludes halogenated alkanes) is 1. The highest BCUT2D eigenvalue weighted by molar-refractivity contribution is 5.90. The van der Waals surface area contributed by atoms with Crippen LogP contribution in [0, 0.1) is 22.7 Å². The molecule has 3 rings (SSSR count). The van der Waals surface area contributed by atoms with Gasteiger partial charge >= 0.3 is 0 Å². The summed E-state index contributed by atoms with van der Waals surface area (Å²) in [5.74, 6) is 2.13. The molecule has 0 aromatic heterocycles. The van der Waals surface area contributed by atoms with Crippen molar-refractivity contribution in [3.05, 3.63) is 0 Å². The lowest BCUT2D eigenvalue weighted by Crippen LogP contribution is -2.53. The number of likely N-dealkylation sites (tertiary alicyclic amines) is 2. The summed E-state index contributed by atoms with van der Waals surface area (Å²) in [5, 5.41) is 0. The summed E-state index contributed by atoms with van der Waals surface area (Å²) in [4.78, 5) is 32.0. The van der Waals surface area contributed by atoms with E-state index in [4.69, 9.17) is 0 Å². The normalized spacial score (nSPS) is 32.7. The van der Waals surface area contributed by atoms with Gasteiger partial charge in [0.25, 0.3) is 0 Å². The molecule has 35 heavy (non-hydrogen) atoms. The molecule has 6 atom stereocenters. The molecule has 0 bridgehead atoms. The highest BCUT2D eigenvalue weighted by Crippen LogP contribution is 2.52. The van der Waals surface area contributed by atoms with Crippen LogP contribution in [0.1, 0.15) is 128 Å². The molecule has 2 heterocycles. The molecule has 0 N–H and O–H groups in total. The molecule has 0 aromatic carbocycles. The van der Waals surface area contributed by atoms with Gasteiger partial charge < -0.3 is 0 Å². The number of ketones is 2. The summed E-state index contributed by atoms with van der Waals surface area (Å²) in [6.07, 6.45) is 7.66. The van der Waals surface area contributed by atoms with Crippen molar-refractivity contribution in [3.8, 4) is 0 Å². The van der Waals surface area contributed by atoms with Crippen molar-refractivity contribution in [1.29, 1.82) is 0 Å². The number of nitrogens with zero attached hydrogens (tertiary/aromatic N) is 2. The minimum absolute atomic E-state index is 0.0187. The SMILES string of the molecule is C[C@@H]1[C@H](CCCCC(C)(C)C(=O)[C@@H]2C[C@H]3CC3N2C(C)(C)C)C[C@@H](C(=O)C(C)(C)C)N1C(C)(C)C. The monoisotopic (exact) mass is 488 g/mol. The van der Waals surface area contributed by atoms with E-state index in [9.17, 15) is 9.59 Å². The van der Waals surface area contributed by atoms with Gasteiger partial charge in [0, 0.05) is 34.0 Å². The van der Waals surface area contributed by atoms with Crippen LogP contribution in [0.25, 0.3) is 0 Å². The van der Waals surface area contributed by atoms with Gasteiger partial charge in [0.15, 0.2) is 11.6 Å². The molecular weight excluding hydrogens is 432 g/mol. The van der Waals surface area contributed by atoms with Crippen LogP contribution in [-0.4, -0.2) is 56.6 Å². The van der Waals surface area contributed by atoms with Crippen molar-refractivity contribution in [2.75, 3.05) is 0 Å². The first-order chi connectivity index (χ1) is 15.8. The van der Waals surface area contributed by atoms with Gasteiger partial charge in [-0.15, -0.1) is 0 Å². The molecule has 1 aliphatic carbocycles. The predicted molar refractivity (Wildman–Crippen MR) is 147 cm³/mol. The fourth-order valence-corrected chi connectivity index (χ4v) is 7.48. The van der Waals surface area contributed by atoms with Gasteiger partial charge in [-0.05, 0) is 92.4 Å². The van der Waals surface area contributed by atoms with Crippen molar-refractivity contribution in [3.63, 3.8) is 0 Å². The third-order valence-electron chi connectivity index (χ3n) is 9.27. The molecule has 4 nitrogen and oxygen atoms in total. The summed E-state index contributed by atoms with van der Waals surface area (Å²) < 4.78 is 0. The topological polar surface area (TPSA) is 40.6 Å². The fourth-order valence-electron chi connectivity index (χ4n) is 7.48. The second-order valence-electron chi connectivity index (χ2n) is 15.8. The first kappa shape index (κ1) is 28.8. The number of hydrogen-bond donors (Lipinski definition) is 0. The lowest BCUT2D eigenvalue weighted by molar-refractivity contribution is -0.134. The van der Waals surface area contributed by atoms with Crippen molar-refractivity contribution in [1.82, 2.24) is 9.80 Å². The quantitative estimate of drug-likeness (QED) is 0.349. The van der Waals surface area contributed by atoms with Crippen LogP contribution in [0.5, 0.6) is 0 Å². The minimum atomic E-state index is -0.311. The van der Waals surface area contributed by atoms with E-state index < -0.39 is 0 Å². The average molecular weight is 489 g/mol. The first-order valence-corrected chi connectivity index (χ1v) is 14.4. The molecule has 0 amide bonds. The summed E-state index contributed by atoms with van der Waals surface area (Å²) in [7, 11) is 0. The van der Waals surface area contributed by atoms with E-state index in [0.29, 0.717) is 29.6 Å². The zero-order valence-electron chi connectivity index (χ0n) is 25.1. The molecule has 2 aliphatic heterocycles. The van der Waals surface area contributed by atoms with Gasteiger partial charge in [-0.3, -0.25) is 19.4 Å². The Labute approximate surface area is 217 Å². The first-order valence-electron chi connectivity index (χ1n) is 14.4. The minimum Gasteiger partial charge on any atom is -0.297 e. The van der Waals surface area contributed by atoms with E-state index in [-0.39, 0.29) is 34.0 Å². The lowest BCUT2D eigenvalue weighted by Gasteiger charge is -2.41. The van der Waals surface area contributed by atoms with E-state index in [0.717, 1.165) is 44.4 Å². The van der Waals surface area contributed by atoms with E-state index in [1.54, 1.807) is 0 Å².